The average Bonchev–Trinajstić information content (AvgIpc) is 2.77. The molecule has 1 aromatic rings. The number of amides is 1. The third-order valence-corrected chi connectivity index (χ3v) is 4.69. The van der Waals surface area contributed by atoms with Gasteiger partial charge in [-0.2, -0.15) is 0 Å². The molecule has 1 fully saturated rings. The van der Waals surface area contributed by atoms with Crippen LogP contribution in [0.25, 0.3) is 0 Å². The minimum atomic E-state index is 0.117. The lowest BCUT2D eigenvalue weighted by molar-refractivity contribution is 0.0935. The second-order valence-electron chi connectivity index (χ2n) is 6.95. The van der Waals surface area contributed by atoms with E-state index in [4.69, 9.17) is 0 Å². The van der Waals surface area contributed by atoms with E-state index in [2.05, 4.69) is 30.5 Å². The van der Waals surface area contributed by atoms with Crippen molar-refractivity contribution in [3.63, 3.8) is 0 Å². The second-order valence-corrected chi connectivity index (χ2v) is 6.95. The van der Waals surface area contributed by atoms with Crippen LogP contribution in [0.5, 0.6) is 0 Å². The first kappa shape index (κ1) is 13.6. The summed E-state index contributed by atoms with van der Waals surface area (Å²) < 4.78 is 0. The molecular formula is C17H24N2O. The van der Waals surface area contributed by atoms with Crippen molar-refractivity contribution in [2.24, 2.45) is 5.41 Å². The zero-order valence-corrected chi connectivity index (χ0v) is 12.5. The standard InChI is InChI=1S/C17H24N2O/c1-17(2)8-6-13(10-17)19-16(20)15-5-3-4-12-11-18-9-7-14(12)15/h3-5,13,18H,6-11H2,1-2H3,(H,19,20). The minimum absolute atomic E-state index is 0.117. The number of benzene rings is 1. The lowest BCUT2D eigenvalue weighted by Crippen LogP contribution is -2.35. The molecule has 1 aromatic carbocycles. The molecule has 1 aliphatic carbocycles. The molecule has 1 heterocycles. The Kier molecular flexibility index (Phi) is 3.55. The van der Waals surface area contributed by atoms with Gasteiger partial charge in [-0.15, -0.1) is 0 Å². The van der Waals surface area contributed by atoms with Crippen LogP contribution in [0.1, 0.15) is 54.6 Å². The highest BCUT2D eigenvalue weighted by molar-refractivity contribution is 5.96. The van der Waals surface area contributed by atoms with Gasteiger partial charge in [0.25, 0.3) is 5.91 Å². The van der Waals surface area contributed by atoms with E-state index in [1.165, 1.54) is 17.5 Å². The predicted molar refractivity (Wildman–Crippen MR) is 80.7 cm³/mol. The zero-order chi connectivity index (χ0) is 14.2. The predicted octanol–water partition coefficient (Wildman–Crippen LogP) is 2.64. The van der Waals surface area contributed by atoms with E-state index >= 15 is 0 Å². The Bertz CT molecular complexity index is 522. The number of nitrogens with one attached hydrogen (secondary N) is 2. The quantitative estimate of drug-likeness (QED) is 0.869. The lowest BCUT2D eigenvalue weighted by Gasteiger charge is -2.22. The summed E-state index contributed by atoms with van der Waals surface area (Å²) in [5.74, 6) is 0.117. The Hall–Kier alpha value is -1.35. The number of hydrogen-bond donors (Lipinski definition) is 2. The van der Waals surface area contributed by atoms with Gasteiger partial charge in [0.2, 0.25) is 0 Å². The van der Waals surface area contributed by atoms with E-state index in [1.807, 2.05) is 12.1 Å². The van der Waals surface area contributed by atoms with Crippen LogP contribution in [0.15, 0.2) is 18.2 Å². The summed E-state index contributed by atoms with van der Waals surface area (Å²) in [5, 5.41) is 6.60. The molecule has 0 saturated heterocycles. The molecule has 1 saturated carbocycles. The van der Waals surface area contributed by atoms with Crippen LogP contribution in [0.2, 0.25) is 0 Å². The van der Waals surface area contributed by atoms with Crippen molar-refractivity contribution < 1.29 is 4.79 Å². The summed E-state index contributed by atoms with van der Waals surface area (Å²) >= 11 is 0. The topological polar surface area (TPSA) is 41.1 Å². The van der Waals surface area contributed by atoms with E-state index in [0.717, 1.165) is 37.9 Å². The van der Waals surface area contributed by atoms with Crippen LogP contribution >= 0.6 is 0 Å². The molecule has 2 aliphatic rings. The maximum absolute atomic E-state index is 12.6. The molecule has 3 heteroatoms. The molecule has 2 N–H and O–H groups in total. The van der Waals surface area contributed by atoms with Crippen LogP contribution in [0.3, 0.4) is 0 Å². The zero-order valence-electron chi connectivity index (χ0n) is 12.5. The molecule has 0 spiro atoms. The fraction of sp³-hybridized carbons (Fsp3) is 0.588. The van der Waals surface area contributed by atoms with Crippen LogP contribution < -0.4 is 10.6 Å². The first-order chi connectivity index (χ1) is 9.55. The Labute approximate surface area is 121 Å². The maximum atomic E-state index is 12.6. The van der Waals surface area contributed by atoms with Gasteiger partial charge in [0.05, 0.1) is 0 Å². The first-order valence-electron chi connectivity index (χ1n) is 7.67. The highest BCUT2D eigenvalue weighted by atomic mass is 16.1. The summed E-state index contributed by atoms with van der Waals surface area (Å²) in [7, 11) is 0. The smallest absolute Gasteiger partial charge is 0.251 e. The number of carbonyl (C=O) groups is 1. The van der Waals surface area contributed by atoms with Gasteiger partial charge in [0, 0.05) is 18.2 Å². The molecule has 0 radical (unpaired) electrons. The number of hydrogen-bond acceptors (Lipinski definition) is 2. The average molecular weight is 272 g/mol. The van der Waals surface area contributed by atoms with Crippen molar-refractivity contribution in [3.05, 3.63) is 34.9 Å². The third-order valence-electron chi connectivity index (χ3n) is 4.69. The Morgan fingerprint density at radius 1 is 1.40 bits per heavy atom. The lowest BCUT2D eigenvalue weighted by atomic mass is 9.91. The monoisotopic (exact) mass is 272 g/mol. The molecule has 1 unspecified atom stereocenters. The second kappa shape index (κ2) is 5.21. The van der Waals surface area contributed by atoms with Gasteiger partial charge in [-0.05, 0) is 54.8 Å². The Morgan fingerprint density at radius 3 is 3.00 bits per heavy atom. The molecule has 1 aliphatic heterocycles. The summed E-state index contributed by atoms with van der Waals surface area (Å²) in [6.07, 6.45) is 4.36. The van der Waals surface area contributed by atoms with Crippen LogP contribution in [0.4, 0.5) is 0 Å². The Balaban J connectivity index is 1.75. The van der Waals surface area contributed by atoms with Crippen LogP contribution in [-0.2, 0) is 13.0 Å². The van der Waals surface area contributed by atoms with E-state index in [9.17, 15) is 4.79 Å². The molecule has 108 valence electrons. The molecule has 1 amide bonds. The molecule has 0 aromatic heterocycles. The van der Waals surface area contributed by atoms with Crippen molar-refractivity contribution in [3.8, 4) is 0 Å². The van der Waals surface area contributed by atoms with Crippen molar-refractivity contribution in [1.29, 1.82) is 0 Å². The largest absolute Gasteiger partial charge is 0.349 e. The fourth-order valence-corrected chi connectivity index (χ4v) is 3.57. The van der Waals surface area contributed by atoms with Gasteiger partial charge < -0.3 is 10.6 Å². The van der Waals surface area contributed by atoms with Crippen LogP contribution in [0, 0.1) is 5.41 Å². The van der Waals surface area contributed by atoms with Crippen molar-refractivity contribution >= 4 is 5.91 Å². The number of carbonyl (C=O) groups excluding carboxylic acids is 1. The summed E-state index contributed by atoms with van der Waals surface area (Å²) in [5.41, 5.74) is 3.77. The normalized spacial score (nSPS) is 24.2. The summed E-state index contributed by atoms with van der Waals surface area (Å²) in [6, 6.07) is 6.44. The molecule has 3 nitrogen and oxygen atoms in total. The summed E-state index contributed by atoms with van der Waals surface area (Å²) in [4.78, 5) is 12.6. The third kappa shape index (κ3) is 2.73. The number of fused-ring (bicyclic) bond motifs is 1. The van der Waals surface area contributed by atoms with Gasteiger partial charge >= 0.3 is 0 Å². The summed E-state index contributed by atoms with van der Waals surface area (Å²) in [6.45, 7) is 6.42. The maximum Gasteiger partial charge on any atom is 0.251 e. The fourth-order valence-electron chi connectivity index (χ4n) is 3.57. The van der Waals surface area contributed by atoms with Crippen LogP contribution in [-0.4, -0.2) is 18.5 Å². The van der Waals surface area contributed by atoms with Gasteiger partial charge in [0.15, 0.2) is 0 Å². The van der Waals surface area contributed by atoms with Crippen molar-refractivity contribution in [2.75, 3.05) is 6.54 Å². The van der Waals surface area contributed by atoms with Gasteiger partial charge in [-0.3, -0.25) is 4.79 Å². The van der Waals surface area contributed by atoms with E-state index < -0.39 is 0 Å². The van der Waals surface area contributed by atoms with Gasteiger partial charge in [-0.1, -0.05) is 26.0 Å². The molecular weight excluding hydrogens is 248 g/mol. The highest BCUT2D eigenvalue weighted by Gasteiger charge is 2.32. The van der Waals surface area contributed by atoms with Crippen molar-refractivity contribution in [1.82, 2.24) is 10.6 Å². The first-order valence-corrected chi connectivity index (χ1v) is 7.67. The Morgan fingerprint density at radius 2 is 2.25 bits per heavy atom. The van der Waals surface area contributed by atoms with Gasteiger partial charge in [0.1, 0.15) is 0 Å². The van der Waals surface area contributed by atoms with Crippen molar-refractivity contribution in [2.45, 2.75) is 52.1 Å². The SMILES string of the molecule is CC1(C)CCC(NC(=O)c2cccc3c2CCNC3)C1. The van der Waals surface area contributed by atoms with E-state index in [1.54, 1.807) is 0 Å². The minimum Gasteiger partial charge on any atom is -0.349 e. The molecule has 0 bridgehead atoms. The van der Waals surface area contributed by atoms with E-state index in [-0.39, 0.29) is 5.91 Å². The van der Waals surface area contributed by atoms with Gasteiger partial charge in [-0.25, -0.2) is 0 Å². The number of rotatable bonds is 2. The van der Waals surface area contributed by atoms with E-state index in [0.29, 0.717) is 11.5 Å². The highest BCUT2D eigenvalue weighted by Crippen LogP contribution is 2.37. The molecule has 3 rings (SSSR count). The molecule has 20 heavy (non-hydrogen) atoms. The molecule has 1 atom stereocenters.